The van der Waals surface area contributed by atoms with Crippen LogP contribution in [0.1, 0.15) is 43.6 Å². The zero-order chi connectivity index (χ0) is 22.3. The highest BCUT2D eigenvalue weighted by atomic mass is 35.5. The van der Waals surface area contributed by atoms with Crippen LogP contribution in [-0.2, 0) is 9.31 Å². The Bertz CT molecular complexity index is 977. The van der Waals surface area contributed by atoms with Crippen molar-refractivity contribution in [2.24, 2.45) is 0 Å². The van der Waals surface area contributed by atoms with Gasteiger partial charge in [-0.3, -0.25) is 4.79 Å². The Hall–Kier alpha value is -2.35. The van der Waals surface area contributed by atoms with Crippen molar-refractivity contribution < 1.29 is 18.9 Å². The summed E-state index contributed by atoms with van der Waals surface area (Å²) in [5.74, 6) is -0.481. The molecule has 8 heteroatoms. The SMILES string of the molecule is CNC(=O)N(C(=O)c1cccc(Cl)c1)c1cccc(B2OC(C)(C)C(C)(C)O2)c1C. The van der Waals surface area contributed by atoms with Crippen LogP contribution in [0, 0.1) is 6.92 Å². The van der Waals surface area contributed by atoms with Crippen LogP contribution < -0.4 is 15.7 Å². The molecule has 0 aliphatic carbocycles. The fraction of sp³-hybridized carbons (Fsp3) is 0.364. The first-order valence-electron chi connectivity index (χ1n) is 9.75. The van der Waals surface area contributed by atoms with Gasteiger partial charge < -0.3 is 14.6 Å². The van der Waals surface area contributed by atoms with Crippen LogP contribution in [0.2, 0.25) is 5.02 Å². The molecule has 0 radical (unpaired) electrons. The molecule has 1 aliphatic heterocycles. The molecule has 0 atom stereocenters. The fourth-order valence-electron chi connectivity index (χ4n) is 3.28. The van der Waals surface area contributed by atoms with Crippen LogP contribution in [0.25, 0.3) is 0 Å². The topological polar surface area (TPSA) is 67.9 Å². The van der Waals surface area contributed by atoms with Gasteiger partial charge in [-0.2, -0.15) is 0 Å². The molecule has 0 spiro atoms. The minimum atomic E-state index is -0.609. The van der Waals surface area contributed by atoms with Gasteiger partial charge >= 0.3 is 13.1 Å². The highest BCUT2D eigenvalue weighted by Gasteiger charge is 2.52. The van der Waals surface area contributed by atoms with Crippen LogP contribution in [0.5, 0.6) is 0 Å². The summed E-state index contributed by atoms with van der Waals surface area (Å²) in [7, 11) is 0.872. The van der Waals surface area contributed by atoms with Crippen LogP contribution in [0.3, 0.4) is 0 Å². The quantitative estimate of drug-likeness (QED) is 0.752. The molecular weight excluding hydrogens is 403 g/mol. The Morgan fingerprint density at radius 2 is 1.63 bits per heavy atom. The van der Waals surface area contributed by atoms with E-state index in [0.29, 0.717) is 16.3 Å². The first-order chi connectivity index (χ1) is 14.0. The number of hydrogen-bond acceptors (Lipinski definition) is 4. The Morgan fingerprint density at radius 1 is 1.03 bits per heavy atom. The lowest BCUT2D eigenvalue weighted by molar-refractivity contribution is 0.00578. The van der Waals surface area contributed by atoms with E-state index in [1.807, 2.05) is 40.7 Å². The monoisotopic (exact) mass is 428 g/mol. The molecule has 1 heterocycles. The van der Waals surface area contributed by atoms with E-state index < -0.39 is 30.3 Å². The third-order valence-corrected chi connectivity index (χ3v) is 6.02. The van der Waals surface area contributed by atoms with E-state index in [-0.39, 0.29) is 0 Å². The van der Waals surface area contributed by atoms with Gasteiger partial charge in [0, 0.05) is 17.6 Å². The highest BCUT2D eigenvalue weighted by Crippen LogP contribution is 2.37. The fourth-order valence-corrected chi connectivity index (χ4v) is 3.47. The third-order valence-electron chi connectivity index (χ3n) is 5.79. The van der Waals surface area contributed by atoms with E-state index in [0.717, 1.165) is 15.9 Å². The van der Waals surface area contributed by atoms with Gasteiger partial charge in [0.15, 0.2) is 0 Å². The van der Waals surface area contributed by atoms with E-state index >= 15 is 0 Å². The number of carbonyl (C=O) groups excluding carboxylic acids is 2. The van der Waals surface area contributed by atoms with E-state index in [4.69, 9.17) is 20.9 Å². The Morgan fingerprint density at radius 3 is 2.20 bits per heavy atom. The Kier molecular flexibility index (Phi) is 6.00. The molecule has 0 aromatic heterocycles. The molecule has 30 heavy (non-hydrogen) atoms. The molecule has 0 saturated carbocycles. The lowest BCUT2D eigenvalue weighted by Gasteiger charge is -2.32. The second-order valence-corrected chi connectivity index (χ2v) is 8.72. The van der Waals surface area contributed by atoms with E-state index in [1.54, 1.807) is 30.3 Å². The van der Waals surface area contributed by atoms with E-state index in [2.05, 4.69) is 5.32 Å². The summed E-state index contributed by atoms with van der Waals surface area (Å²) in [4.78, 5) is 27.0. The van der Waals surface area contributed by atoms with Gasteiger partial charge in [-0.25, -0.2) is 9.69 Å². The molecule has 3 amide bonds. The van der Waals surface area contributed by atoms with Crippen LogP contribution >= 0.6 is 11.6 Å². The average Bonchev–Trinajstić information content (AvgIpc) is 2.90. The first kappa shape index (κ1) is 22.3. The zero-order valence-electron chi connectivity index (χ0n) is 18.1. The Balaban J connectivity index is 2.05. The van der Waals surface area contributed by atoms with Crippen LogP contribution in [-0.4, -0.2) is 37.3 Å². The highest BCUT2D eigenvalue weighted by molar-refractivity contribution is 6.62. The molecular formula is C22H26BClN2O4. The van der Waals surface area contributed by atoms with Gasteiger partial charge in [0.25, 0.3) is 5.91 Å². The third kappa shape index (κ3) is 3.97. The molecule has 1 N–H and O–H groups in total. The molecule has 1 fully saturated rings. The molecule has 6 nitrogen and oxygen atoms in total. The molecule has 2 aromatic rings. The largest absolute Gasteiger partial charge is 0.495 e. The molecule has 2 aromatic carbocycles. The molecule has 0 unspecified atom stereocenters. The first-order valence-corrected chi connectivity index (χ1v) is 10.1. The maximum atomic E-state index is 13.2. The number of halogens is 1. The number of rotatable bonds is 3. The average molecular weight is 429 g/mol. The van der Waals surface area contributed by atoms with Gasteiger partial charge in [0.2, 0.25) is 0 Å². The summed E-state index contributed by atoms with van der Waals surface area (Å²) in [5.41, 5.74) is 1.24. The van der Waals surface area contributed by atoms with E-state index in [1.165, 1.54) is 13.1 Å². The summed E-state index contributed by atoms with van der Waals surface area (Å²) in [6.45, 7) is 9.76. The van der Waals surface area contributed by atoms with Crippen molar-refractivity contribution in [3.8, 4) is 0 Å². The predicted octanol–water partition coefficient (Wildman–Crippen LogP) is 3.93. The van der Waals surface area contributed by atoms with Crippen LogP contribution in [0.15, 0.2) is 42.5 Å². The minimum Gasteiger partial charge on any atom is -0.399 e. The predicted molar refractivity (Wildman–Crippen MR) is 120 cm³/mol. The van der Waals surface area contributed by atoms with Crippen molar-refractivity contribution in [2.45, 2.75) is 45.8 Å². The lowest BCUT2D eigenvalue weighted by Crippen LogP contribution is -2.44. The number of amides is 3. The van der Waals surface area contributed by atoms with Gasteiger partial charge in [-0.1, -0.05) is 29.8 Å². The smallest absolute Gasteiger partial charge is 0.399 e. The number of nitrogens with one attached hydrogen (secondary N) is 1. The van der Waals surface area contributed by atoms with Crippen molar-refractivity contribution in [3.63, 3.8) is 0 Å². The number of hydrogen-bond donors (Lipinski definition) is 1. The molecule has 158 valence electrons. The number of nitrogens with zero attached hydrogens (tertiary/aromatic N) is 1. The summed E-state index contributed by atoms with van der Waals surface area (Å²) in [6, 6.07) is 11.3. The Labute approximate surface area is 182 Å². The summed E-state index contributed by atoms with van der Waals surface area (Å²) >= 11 is 6.04. The second kappa shape index (κ2) is 8.06. The molecule has 1 aliphatic rings. The van der Waals surface area contributed by atoms with Gasteiger partial charge in [-0.05, 0) is 69.9 Å². The molecule has 0 bridgehead atoms. The number of benzene rings is 2. The van der Waals surface area contributed by atoms with Crippen molar-refractivity contribution in [1.29, 1.82) is 0 Å². The number of urea groups is 1. The van der Waals surface area contributed by atoms with Gasteiger partial charge in [0.1, 0.15) is 0 Å². The van der Waals surface area contributed by atoms with E-state index in [9.17, 15) is 9.59 Å². The normalized spacial score (nSPS) is 17.0. The minimum absolute atomic E-state index is 0.312. The summed E-state index contributed by atoms with van der Waals surface area (Å²) in [5, 5.41) is 2.96. The van der Waals surface area contributed by atoms with Crippen molar-refractivity contribution in [3.05, 3.63) is 58.6 Å². The number of anilines is 1. The number of imide groups is 1. The van der Waals surface area contributed by atoms with Gasteiger partial charge in [0.05, 0.1) is 16.9 Å². The maximum absolute atomic E-state index is 13.2. The van der Waals surface area contributed by atoms with Crippen molar-refractivity contribution in [2.75, 3.05) is 11.9 Å². The maximum Gasteiger partial charge on any atom is 0.495 e. The lowest BCUT2D eigenvalue weighted by atomic mass is 9.75. The summed E-state index contributed by atoms with van der Waals surface area (Å²) in [6.07, 6.45) is 0. The molecule has 3 rings (SSSR count). The number of carbonyl (C=O) groups is 2. The molecule has 1 saturated heterocycles. The second-order valence-electron chi connectivity index (χ2n) is 8.29. The van der Waals surface area contributed by atoms with Crippen LogP contribution in [0.4, 0.5) is 10.5 Å². The zero-order valence-corrected chi connectivity index (χ0v) is 18.8. The van der Waals surface area contributed by atoms with Crippen molar-refractivity contribution in [1.82, 2.24) is 5.32 Å². The van der Waals surface area contributed by atoms with Gasteiger partial charge in [-0.15, -0.1) is 0 Å². The standard InChI is InChI=1S/C22H26BClN2O4/c1-14-17(23-29-21(2,3)22(4,5)30-23)11-8-12-18(14)26(20(28)25-6)19(27)15-9-7-10-16(24)13-15/h7-13H,1-6H3,(H,25,28). The summed E-state index contributed by atoms with van der Waals surface area (Å²) < 4.78 is 12.3. The van der Waals surface area contributed by atoms with Crippen molar-refractivity contribution >= 4 is 41.8 Å².